The molecule has 0 aliphatic carbocycles. The van der Waals surface area contributed by atoms with Crippen molar-refractivity contribution >= 4 is 40.9 Å². The number of urea groups is 2. The highest BCUT2D eigenvalue weighted by Gasteiger charge is 2.52. The van der Waals surface area contributed by atoms with Crippen LogP contribution in [-0.4, -0.2) is 46.3 Å². The first-order chi connectivity index (χ1) is 19.7. The number of nitrogens with one attached hydrogen (secondary N) is 1. The van der Waals surface area contributed by atoms with Gasteiger partial charge in [-0.05, 0) is 67.9 Å². The molecular weight excluding hydrogens is 553 g/mol. The minimum absolute atomic E-state index is 0.0698. The molecular formula is C29H25F3N6O4. The third kappa shape index (κ3) is 5.46. The summed E-state index contributed by atoms with van der Waals surface area (Å²) in [7, 11) is 1.26. The fourth-order valence-corrected chi connectivity index (χ4v) is 4.43. The fourth-order valence-electron chi connectivity index (χ4n) is 4.43. The van der Waals surface area contributed by atoms with Gasteiger partial charge in [0, 0.05) is 24.0 Å². The summed E-state index contributed by atoms with van der Waals surface area (Å²) < 4.78 is 40.7. The van der Waals surface area contributed by atoms with Gasteiger partial charge < -0.3 is 16.0 Å². The van der Waals surface area contributed by atoms with Crippen LogP contribution in [0.5, 0.6) is 0 Å². The van der Waals surface area contributed by atoms with E-state index in [1.54, 1.807) is 36.4 Å². The van der Waals surface area contributed by atoms with Gasteiger partial charge in [-0.3, -0.25) is 14.5 Å². The van der Waals surface area contributed by atoms with E-state index in [0.717, 1.165) is 17.0 Å². The Bertz CT molecular complexity index is 1630. The molecule has 0 radical (unpaired) electrons. The first kappa shape index (κ1) is 29.6. The Hall–Kier alpha value is -5.38. The standard InChI is InChI=1S/C29H25F3N6O4/c1-28(2)25(40)38(21-13-10-18(15-33)22(14-21)29(30,31)32)27(42)37(28)16-19-6-4-5-7-23(19)35-20-11-8-17(9-12-20)24(39)36(3)26(34)41/h4-14,35H,16H2,1-3H3,(H2,34,41). The molecule has 4 rings (SSSR count). The predicted octanol–water partition coefficient (Wildman–Crippen LogP) is 5.22. The van der Waals surface area contributed by atoms with E-state index in [-0.39, 0.29) is 17.8 Å². The van der Waals surface area contributed by atoms with Crippen LogP contribution in [0.2, 0.25) is 0 Å². The molecule has 0 unspecified atom stereocenters. The lowest BCUT2D eigenvalue weighted by Gasteiger charge is -2.28. The number of anilines is 3. The number of nitriles is 1. The molecule has 42 heavy (non-hydrogen) atoms. The summed E-state index contributed by atoms with van der Waals surface area (Å²) in [5.74, 6) is -1.31. The highest BCUT2D eigenvalue weighted by Crippen LogP contribution is 2.38. The van der Waals surface area contributed by atoms with E-state index in [0.29, 0.717) is 27.9 Å². The Labute approximate surface area is 238 Å². The van der Waals surface area contributed by atoms with Gasteiger partial charge in [0.15, 0.2) is 0 Å². The molecule has 0 bridgehead atoms. The van der Waals surface area contributed by atoms with Gasteiger partial charge in [-0.25, -0.2) is 14.5 Å². The molecule has 0 atom stereocenters. The highest BCUT2D eigenvalue weighted by molar-refractivity contribution is 6.23. The Morgan fingerprint density at radius 1 is 1.05 bits per heavy atom. The van der Waals surface area contributed by atoms with E-state index in [1.165, 1.54) is 44.0 Å². The van der Waals surface area contributed by atoms with Gasteiger partial charge in [0.25, 0.3) is 11.8 Å². The number of rotatable bonds is 6. The second-order valence-corrected chi connectivity index (χ2v) is 9.97. The quantitative estimate of drug-likeness (QED) is 0.385. The molecule has 3 aromatic carbocycles. The zero-order chi connectivity index (χ0) is 31.0. The van der Waals surface area contributed by atoms with Crippen LogP contribution in [0.25, 0.3) is 0 Å². The maximum absolute atomic E-state index is 13.6. The Morgan fingerprint density at radius 2 is 1.69 bits per heavy atom. The summed E-state index contributed by atoms with van der Waals surface area (Å²) in [5.41, 5.74) is 3.53. The normalized spacial score (nSPS) is 14.5. The Morgan fingerprint density at radius 3 is 2.29 bits per heavy atom. The van der Waals surface area contributed by atoms with Crippen molar-refractivity contribution in [2.45, 2.75) is 32.1 Å². The molecule has 0 spiro atoms. The number of hydrogen-bond donors (Lipinski definition) is 2. The number of benzene rings is 3. The summed E-state index contributed by atoms with van der Waals surface area (Å²) in [6.45, 7) is 2.92. The number of alkyl halides is 3. The number of primary amides is 1. The number of imide groups is 2. The lowest BCUT2D eigenvalue weighted by molar-refractivity contribution is -0.137. The Kier molecular flexibility index (Phi) is 7.67. The van der Waals surface area contributed by atoms with Crippen molar-refractivity contribution < 1.29 is 32.3 Å². The van der Waals surface area contributed by atoms with Crippen LogP contribution in [0.1, 0.15) is 40.9 Å². The van der Waals surface area contributed by atoms with E-state index >= 15 is 0 Å². The molecule has 6 amide bonds. The molecule has 0 saturated carbocycles. The first-order valence-corrected chi connectivity index (χ1v) is 12.5. The van der Waals surface area contributed by atoms with Crippen molar-refractivity contribution in [1.29, 1.82) is 5.26 Å². The summed E-state index contributed by atoms with van der Waals surface area (Å²) in [4.78, 5) is 53.2. The van der Waals surface area contributed by atoms with Crippen LogP contribution in [0.4, 0.5) is 39.8 Å². The molecule has 1 aliphatic heterocycles. The summed E-state index contributed by atoms with van der Waals surface area (Å²) in [5, 5.41) is 12.3. The van der Waals surface area contributed by atoms with Gasteiger partial charge in [-0.2, -0.15) is 18.4 Å². The SMILES string of the molecule is CN(C(N)=O)C(=O)c1ccc(Nc2ccccc2CN2C(=O)N(c3ccc(C#N)c(C(F)(F)F)c3)C(=O)C2(C)C)cc1. The summed E-state index contributed by atoms with van der Waals surface area (Å²) >= 11 is 0. The second-order valence-electron chi connectivity index (χ2n) is 9.97. The van der Waals surface area contributed by atoms with E-state index in [4.69, 9.17) is 11.0 Å². The fraction of sp³-hybridized carbons (Fsp3) is 0.207. The van der Waals surface area contributed by atoms with Crippen LogP contribution < -0.4 is 16.0 Å². The van der Waals surface area contributed by atoms with Crippen LogP contribution in [-0.2, 0) is 17.5 Å². The van der Waals surface area contributed by atoms with Crippen molar-refractivity contribution in [2.24, 2.45) is 5.73 Å². The molecule has 1 saturated heterocycles. The molecule has 13 heteroatoms. The maximum atomic E-state index is 13.6. The number of hydrogen-bond acceptors (Lipinski definition) is 6. The van der Waals surface area contributed by atoms with Crippen LogP contribution in [0.3, 0.4) is 0 Å². The third-order valence-electron chi connectivity index (χ3n) is 6.90. The largest absolute Gasteiger partial charge is 0.417 e. The molecule has 0 aromatic heterocycles. The molecule has 1 fully saturated rings. The molecule has 3 aromatic rings. The van der Waals surface area contributed by atoms with Crippen molar-refractivity contribution in [3.05, 3.63) is 89.0 Å². The van der Waals surface area contributed by atoms with Gasteiger partial charge in [0.1, 0.15) is 5.54 Å². The first-order valence-electron chi connectivity index (χ1n) is 12.5. The highest BCUT2D eigenvalue weighted by atomic mass is 19.4. The summed E-state index contributed by atoms with van der Waals surface area (Å²) in [6.07, 6.45) is -4.87. The van der Waals surface area contributed by atoms with E-state index in [9.17, 15) is 32.3 Å². The van der Waals surface area contributed by atoms with Crippen LogP contribution in [0.15, 0.2) is 66.7 Å². The van der Waals surface area contributed by atoms with E-state index < -0.39 is 46.7 Å². The lowest BCUT2D eigenvalue weighted by Crippen LogP contribution is -2.43. The number of carbonyl (C=O) groups is 4. The minimum atomic E-state index is -4.87. The van der Waals surface area contributed by atoms with Gasteiger partial charge >= 0.3 is 18.2 Å². The zero-order valence-electron chi connectivity index (χ0n) is 22.7. The average molecular weight is 579 g/mol. The van der Waals surface area contributed by atoms with Crippen molar-refractivity contribution in [2.75, 3.05) is 17.3 Å². The third-order valence-corrected chi connectivity index (χ3v) is 6.90. The molecule has 10 nitrogen and oxygen atoms in total. The van der Waals surface area contributed by atoms with E-state index in [1.807, 2.05) is 0 Å². The number of carbonyl (C=O) groups excluding carboxylic acids is 4. The second kappa shape index (κ2) is 10.9. The van der Waals surface area contributed by atoms with Crippen molar-refractivity contribution in [3.8, 4) is 6.07 Å². The number of halogens is 3. The number of amides is 6. The maximum Gasteiger partial charge on any atom is 0.417 e. The molecule has 216 valence electrons. The number of nitrogens with two attached hydrogens (primary N) is 1. The molecule has 1 heterocycles. The smallest absolute Gasteiger partial charge is 0.355 e. The average Bonchev–Trinajstić information content (AvgIpc) is 3.11. The van der Waals surface area contributed by atoms with Crippen LogP contribution >= 0.6 is 0 Å². The monoisotopic (exact) mass is 578 g/mol. The van der Waals surface area contributed by atoms with Gasteiger partial charge in [0.05, 0.1) is 29.4 Å². The lowest BCUT2D eigenvalue weighted by atomic mass is 10.0. The van der Waals surface area contributed by atoms with Gasteiger partial charge in [-0.1, -0.05) is 18.2 Å². The summed E-state index contributed by atoms with van der Waals surface area (Å²) in [6, 6.07) is 15.6. The molecule has 1 aliphatic rings. The number of nitrogens with zero attached hydrogens (tertiary/aromatic N) is 4. The van der Waals surface area contributed by atoms with Gasteiger partial charge in [-0.15, -0.1) is 0 Å². The Balaban J connectivity index is 1.61. The minimum Gasteiger partial charge on any atom is -0.355 e. The van der Waals surface area contributed by atoms with E-state index in [2.05, 4.69) is 5.32 Å². The van der Waals surface area contributed by atoms with Crippen molar-refractivity contribution in [1.82, 2.24) is 9.80 Å². The van der Waals surface area contributed by atoms with Gasteiger partial charge in [0.2, 0.25) is 0 Å². The van der Waals surface area contributed by atoms with Crippen LogP contribution in [0, 0.1) is 11.3 Å². The molecule has 3 N–H and O–H groups in total. The zero-order valence-corrected chi connectivity index (χ0v) is 22.7. The topological polar surface area (TPSA) is 140 Å². The number of para-hydroxylation sites is 1. The van der Waals surface area contributed by atoms with Crippen molar-refractivity contribution in [3.63, 3.8) is 0 Å². The predicted molar refractivity (Wildman–Crippen MR) is 147 cm³/mol.